The van der Waals surface area contributed by atoms with E-state index in [1.165, 1.54) is 0 Å². The highest BCUT2D eigenvalue weighted by molar-refractivity contribution is 9.10. The summed E-state index contributed by atoms with van der Waals surface area (Å²) in [5, 5.41) is 9.50. The molecule has 0 unspecified atom stereocenters. The average molecular weight is 324 g/mol. The highest BCUT2D eigenvalue weighted by atomic mass is 79.9. The monoisotopic (exact) mass is 322 g/mol. The van der Waals surface area contributed by atoms with E-state index in [-0.39, 0.29) is 0 Å². The molecule has 0 aromatic heterocycles. The van der Waals surface area contributed by atoms with Crippen molar-refractivity contribution in [1.82, 2.24) is 0 Å². The summed E-state index contributed by atoms with van der Waals surface area (Å²) in [4.78, 5) is 0. The van der Waals surface area contributed by atoms with Crippen molar-refractivity contribution in [2.45, 2.75) is 0 Å². The molecule has 0 amide bonds. The second-order valence-corrected chi connectivity index (χ2v) is 4.80. The Kier molecular flexibility index (Phi) is 3.75. The number of anilines is 1. The Balaban J connectivity index is 2.46. The first-order valence-electron chi connectivity index (χ1n) is 5.03. The van der Waals surface area contributed by atoms with Crippen molar-refractivity contribution in [3.63, 3.8) is 0 Å². The van der Waals surface area contributed by atoms with E-state index < -0.39 is 0 Å². The normalized spacial score (nSPS) is 9.83. The highest BCUT2D eigenvalue weighted by Crippen LogP contribution is 2.36. The molecule has 2 rings (SSSR count). The third kappa shape index (κ3) is 2.58. The fourth-order valence-electron chi connectivity index (χ4n) is 1.42. The molecule has 3 nitrogen and oxygen atoms in total. The van der Waals surface area contributed by atoms with Gasteiger partial charge in [0.1, 0.15) is 11.8 Å². The molecule has 0 saturated heterocycles. The molecule has 0 heterocycles. The number of para-hydroxylation sites is 1. The molecule has 90 valence electrons. The van der Waals surface area contributed by atoms with Crippen molar-refractivity contribution < 1.29 is 4.74 Å². The maximum atomic E-state index is 9.01. The van der Waals surface area contributed by atoms with Gasteiger partial charge in [0.25, 0.3) is 0 Å². The van der Waals surface area contributed by atoms with Gasteiger partial charge in [-0.1, -0.05) is 17.7 Å². The van der Waals surface area contributed by atoms with Gasteiger partial charge in [0.15, 0.2) is 5.75 Å². The number of nitrogen functional groups attached to an aromatic ring is 1. The zero-order valence-electron chi connectivity index (χ0n) is 9.15. The molecule has 0 fully saturated rings. The average Bonchev–Trinajstić information content (AvgIpc) is 2.34. The molecule has 0 aliphatic carbocycles. The number of nitrogens with two attached hydrogens (primary N) is 1. The van der Waals surface area contributed by atoms with E-state index in [4.69, 9.17) is 27.3 Å². The van der Waals surface area contributed by atoms with E-state index in [0.717, 1.165) is 0 Å². The third-order valence-corrected chi connectivity index (χ3v) is 3.13. The quantitative estimate of drug-likeness (QED) is 0.836. The van der Waals surface area contributed by atoms with E-state index in [9.17, 15) is 0 Å². The number of nitriles is 1. The van der Waals surface area contributed by atoms with Crippen LogP contribution in [-0.4, -0.2) is 0 Å². The van der Waals surface area contributed by atoms with Gasteiger partial charge in [-0.25, -0.2) is 0 Å². The summed E-state index contributed by atoms with van der Waals surface area (Å²) in [5.74, 6) is 0.847. The van der Waals surface area contributed by atoms with Crippen LogP contribution in [0.25, 0.3) is 0 Å². The molecule has 0 spiro atoms. The van der Waals surface area contributed by atoms with E-state index in [1.807, 2.05) is 12.1 Å². The second kappa shape index (κ2) is 5.30. The van der Waals surface area contributed by atoms with Gasteiger partial charge in [-0.3, -0.25) is 0 Å². The topological polar surface area (TPSA) is 59.0 Å². The van der Waals surface area contributed by atoms with Crippen molar-refractivity contribution in [2.75, 3.05) is 5.73 Å². The zero-order valence-corrected chi connectivity index (χ0v) is 11.5. The van der Waals surface area contributed by atoms with Crippen LogP contribution < -0.4 is 10.5 Å². The summed E-state index contributed by atoms with van der Waals surface area (Å²) in [5.41, 5.74) is 6.71. The van der Waals surface area contributed by atoms with Crippen LogP contribution in [0.5, 0.6) is 11.5 Å². The Hall–Kier alpha value is -1.70. The van der Waals surface area contributed by atoms with Gasteiger partial charge in [0.2, 0.25) is 0 Å². The first-order valence-corrected chi connectivity index (χ1v) is 6.20. The summed E-state index contributed by atoms with van der Waals surface area (Å²) in [7, 11) is 0. The molecule has 2 aromatic rings. The first-order chi connectivity index (χ1) is 8.61. The summed E-state index contributed by atoms with van der Waals surface area (Å²) >= 11 is 9.24. The van der Waals surface area contributed by atoms with Gasteiger partial charge < -0.3 is 10.5 Å². The van der Waals surface area contributed by atoms with Crippen LogP contribution in [0, 0.1) is 11.3 Å². The molecule has 18 heavy (non-hydrogen) atoms. The third-order valence-electron chi connectivity index (χ3n) is 2.27. The Morgan fingerprint density at radius 1 is 1.28 bits per heavy atom. The molecule has 0 saturated carbocycles. The van der Waals surface area contributed by atoms with Crippen LogP contribution in [0.2, 0.25) is 5.02 Å². The lowest BCUT2D eigenvalue weighted by molar-refractivity contribution is 0.480. The lowest BCUT2D eigenvalue weighted by Gasteiger charge is -2.11. The predicted molar refractivity (Wildman–Crippen MR) is 74.8 cm³/mol. The van der Waals surface area contributed by atoms with E-state index in [2.05, 4.69) is 15.9 Å². The van der Waals surface area contributed by atoms with Gasteiger partial charge in [-0.2, -0.15) is 5.26 Å². The number of benzene rings is 2. The van der Waals surface area contributed by atoms with Crippen molar-refractivity contribution in [3.8, 4) is 17.6 Å². The van der Waals surface area contributed by atoms with Gasteiger partial charge in [0, 0.05) is 11.1 Å². The molecule has 2 N–H and O–H groups in total. The van der Waals surface area contributed by atoms with Gasteiger partial charge >= 0.3 is 0 Å². The predicted octanol–water partition coefficient (Wildman–Crippen LogP) is 4.35. The number of hydrogen-bond donors (Lipinski definition) is 1. The fraction of sp³-hybridized carbons (Fsp3) is 0. The van der Waals surface area contributed by atoms with Crippen LogP contribution >= 0.6 is 27.5 Å². The van der Waals surface area contributed by atoms with Crippen LogP contribution in [0.1, 0.15) is 5.56 Å². The summed E-state index contributed by atoms with van der Waals surface area (Å²) in [6, 6.07) is 12.2. The molecule has 5 heteroatoms. The molecule has 0 radical (unpaired) electrons. The number of halogens is 2. The minimum absolute atomic E-state index is 0.378. The lowest BCUT2D eigenvalue weighted by atomic mass is 10.2. The van der Waals surface area contributed by atoms with Crippen molar-refractivity contribution in [1.29, 1.82) is 5.26 Å². The minimum Gasteiger partial charge on any atom is -0.453 e. The maximum Gasteiger partial charge on any atom is 0.164 e. The molecular weight excluding hydrogens is 316 g/mol. The largest absolute Gasteiger partial charge is 0.453 e. The Bertz CT molecular complexity index is 617. The highest BCUT2D eigenvalue weighted by Gasteiger charge is 2.10. The van der Waals surface area contributed by atoms with Crippen LogP contribution in [0.3, 0.4) is 0 Å². The SMILES string of the molecule is N#Cc1ccc(Cl)cc1Oc1c(N)cccc1Br. The molecule has 0 aliphatic rings. The van der Waals surface area contributed by atoms with Crippen molar-refractivity contribution in [3.05, 3.63) is 51.5 Å². The summed E-state index contributed by atoms with van der Waals surface area (Å²) < 4.78 is 6.38. The number of ether oxygens (including phenoxy) is 1. The smallest absolute Gasteiger partial charge is 0.164 e. The Morgan fingerprint density at radius 3 is 2.72 bits per heavy atom. The zero-order chi connectivity index (χ0) is 13.1. The van der Waals surface area contributed by atoms with Crippen LogP contribution in [-0.2, 0) is 0 Å². The number of hydrogen-bond acceptors (Lipinski definition) is 3. The summed E-state index contributed by atoms with van der Waals surface area (Å²) in [6.45, 7) is 0. The van der Waals surface area contributed by atoms with Gasteiger partial charge in [-0.15, -0.1) is 0 Å². The first kappa shape index (κ1) is 12.7. The van der Waals surface area contributed by atoms with Crippen LogP contribution in [0.15, 0.2) is 40.9 Å². The lowest BCUT2D eigenvalue weighted by Crippen LogP contribution is -1.94. The van der Waals surface area contributed by atoms with Crippen molar-refractivity contribution >= 4 is 33.2 Å². The Morgan fingerprint density at radius 2 is 2.06 bits per heavy atom. The van der Waals surface area contributed by atoms with E-state index >= 15 is 0 Å². The number of nitrogens with zero attached hydrogens (tertiary/aromatic N) is 1. The number of rotatable bonds is 2. The van der Waals surface area contributed by atoms with Crippen LogP contribution in [0.4, 0.5) is 5.69 Å². The van der Waals surface area contributed by atoms with E-state index in [1.54, 1.807) is 30.3 Å². The standard InChI is InChI=1S/C13H8BrClN2O/c14-10-2-1-3-11(17)13(10)18-12-6-9(15)5-4-8(12)7-16/h1-6H,17H2. The molecule has 0 atom stereocenters. The van der Waals surface area contributed by atoms with Crippen molar-refractivity contribution in [2.24, 2.45) is 0 Å². The second-order valence-electron chi connectivity index (χ2n) is 3.51. The molecule has 0 bridgehead atoms. The summed E-state index contributed by atoms with van der Waals surface area (Å²) in [6.07, 6.45) is 0. The molecule has 0 aliphatic heterocycles. The van der Waals surface area contributed by atoms with Gasteiger partial charge in [-0.05, 0) is 40.2 Å². The molecular formula is C13H8BrClN2O. The van der Waals surface area contributed by atoms with Gasteiger partial charge in [0.05, 0.1) is 15.7 Å². The fourth-order valence-corrected chi connectivity index (χ4v) is 2.04. The van der Waals surface area contributed by atoms with E-state index in [0.29, 0.717) is 32.2 Å². The molecule has 2 aromatic carbocycles. The minimum atomic E-state index is 0.378. The maximum absolute atomic E-state index is 9.01. The Labute approximate surface area is 118 Å².